The van der Waals surface area contributed by atoms with Crippen molar-refractivity contribution < 1.29 is 0 Å². The van der Waals surface area contributed by atoms with E-state index in [1.807, 2.05) is 6.92 Å². The molecular weight excluding hydrogens is 322 g/mol. The van der Waals surface area contributed by atoms with E-state index >= 15 is 0 Å². The lowest BCUT2D eigenvalue weighted by Crippen LogP contribution is -2.24. The largest absolute Gasteiger partial charge is 0.314 e. The van der Waals surface area contributed by atoms with Crippen LogP contribution in [0.1, 0.15) is 24.4 Å². The van der Waals surface area contributed by atoms with E-state index in [9.17, 15) is 0 Å². The first-order valence-electron chi connectivity index (χ1n) is 6.54. The van der Waals surface area contributed by atoms with Crippen molar-refractivity contribution in [3.63, 3.8) is 0 Å². The first-order chi connectivity index (χ1) is 9.20. The Labute approximate surface area is 125 Å². The second-order valence-corrected chi connectivity index (χ2v) is 7.37. The number of thiophene rings is 1. The van der Waals surface area contributed by atoms with Crippen LogP contribution in [0.3, 0.4) is 0 Å². The van der Waals surface area contributed by atoms with Crippen LogP contribution in [-0.4, -0.2) is 22.6 Å². The van der Waals surface area contributed by atoms with Gasteiger partial charge in [-0.05, 0) is 60.4 Å². The van der Waals surface area contributed by atoms with Crippen molar-refractivity contribution in [3.8, 4) is 10.6 Å². The summed E-state index contributed by atoms with van der Waals surface area (Å²) >= 11 is 5.21. The molecule has 0 aliphatic carbocycles. The van der Waals surface area contributed by atoms with Crippen LogP contribution in [0.2, 0.25) is 0 Å². The topological polar surface area (TPSA) is 37.8 Å². The molecule has 1 aliphatic heterocycles. The molecule has 0 radical (unpaired) electrons. The Morgan fingerprint density at radius 1 is 1.42 bits per heavy atom. The number of nitrogens with one attached hydrogen (secondary N) is 1. The number of nitrogens with zero attached hydrogens (tertiary/aromatic N) is 2. The van der Waals surface area contributed by atoms with Gasteiger partial charge in [-0.2, -0.15) is 0 Å². The van der Waals surface area contributed by atoms with Gasteiger partial charge in [-0.1, -0.05) is 0 Å². The maximum atomic E-state index is 4.72. The SMILES string of the molecule is Cc1cc(-c2ccc(Br)s2)nc(CC2CCCN2)n1. The van der Waals surface area contributed by atoms with E-state index in [0.717, 1.165) is 34.0 Å². The third-order valence-corrected chi connectivity index (χ3v) is 4.96. The first kappa shape index (κ1) is 13.2. The van der Waals surface area contributed by atoms with Gasteiger partial charge >= 0.3 is 0 Å². The molecule has 1 fully saturated rings. The van der Waals surface area contributed by atoms with E-state index in [4.69, 9.17) is 4.98 Å². The van der Waals surface area contributed by atoms with Crippen LogP contribution in [0, 0.1) is 6.92 Å². The van der Waals surface area contributed by atoms with Crippen molar-refractivity contribution in [1.82, 2.24) is 15.3 Å². The zero-order valence-corrected chi connectivity index (χ0v) is 13.2. The van der Waals surface area contributed by atoms with Crippen LogP contribution in [0.15, 0.2) is 22.0 Å². The average Bonchev–Trinajstić information content (AvgIpc) is 3.00. The molecule has 2 aromatic heterocycles. The van der Waals surface area contributed by atoms with Gasteiger partial charge in [0.2, 0.25) is 0 Å². The second kappa shape index (κ2) is 5.69. The molecule has 3 rings (SSSR count). The number of hydrogen-bond acceptors (Lipinski definition) is 4. The van der Waals surface area contributed by atoms with Gasteiger partial charge < -0.3 is 5.32 Å². The number of rotatable bonds is 3. The van der Waals surface area contributed by atoms with Gasteiger partial charge in [-0.3, -0.25) is 0 Å². The smallest absolute Gasteiger partial charge is 0.130 e. The predicted molar refractivity (Wildman–Crippen MR) is 82.5 cm³/mol. The molecular formula is C14H16BrN3S. The molecule has 0 bridgehead atoms. The first-order valence-corrected chi connectivity index (χ1v) is 8.15. The molecule has 3 nitrogen and oxygen atoms in total. The van der Waals surface area contributed by atoms with Crippen LogP contribution in [0.25, 0.3) is 10.6 Å². The quantitative estimate of drug-likeness (QED) is 0.930. The Balaban J connectivity index is 1.87. The summed E-state index contributed by atoms with van der Waals surface area (Å²) in [6.07, 6.45) is 3.43. The number of aryl methyl sites for hydroxylation is 1. The molecule has 2 aromatic rings. The van der Waals surface area contributed by atoms with E-state index in [2.05, 4.69) is 44.4 Å². The van der Waals surface area contributed by atoms with E-state index in [1.165, 1.54) is 17.7 Å². The lowest BCUT2D eigenvalue weighted by atomic mass is 10.1. The highest BCUT2D eigenvalue weighted by Gasteiger charge is 2.16. The minimum absolute atomic E-state index is 0.546. The summed E-state index contributed by atoms with van der Waals surface area (Å²) in [6.45, 7) is 3.17. The van der Waals surface area contributed by atoms with Crippen LogP contribution in [0.5, 0.6) is 0 Å². The molecule has 1 unspecified atom stereocenters. The molecule has 1 saturated heterocycles. The Kier molecular flexibility index (Phi) is 3.96. The molecule has 3 heterocycles. The second-order valence-electron chi connectivity index (χ2n) is 4.91. The van der Waals surface area contributed by atoms with E-state index < -0.39 is 0 Å². The minimum Gasteiger partial charge on any atom is -0.314 e. The highest BCUT2D eigenvalue weighted by Crippen LogP contribution is 2.30. The number of halogens is 1. The summed E-state index contributed by atoms with van der Waals surface area (Å²) in [6, 6.07) is 6.78. The van der Waals surface area contributed by atoms with E-state index in [1.54, 1.807) is 11.3 Å². The summed E-state index contributed by atoms with van der Waals surface area (Å²) in [5, 5.41) is 3.50. The van der Waals surface area contributed by atoms with Crippen molar-refractivity contribution in [1.29, 1.82) is 0 Å². The van der Waals surface area contributed by atoms with Crippen molar-refractivity contribution in [2.24, 2.45) is 0 Å². The Bertz CT molecular complexity index is 576. The third-order valence-electron chi connectivity index (χ3n) is 3.32. The number of aromatic nitrogens is 2. The minimum atomic E-state index is 0.546. The molecule has 1 N–H and O–H groups in total. The zero-order chi connectivity index (χ0) is 13.2. The van der Waals surface area contributed by atoms with Gasteiger partial charge in [0.15, 0.2) is 0 Å². The summed E-state index contributed by atoms with van der Waals surface area (Å²) in [4.78, 5) is 10.5. The molecule has 0 amide bonds. The molecule has 1 aliphatic rings. The van der Waals surface area contributed by atoms with E-state index in [0.29, 0.717) is 6.04 Å². The summed E-state index contributed by atoms with van der Waals surface area (Å²) in [5.41, 5.74) is 2.08. The average molecular weight is 338 g/mol. The molecule has 0 aromatic carbocycles. The van der Waals surface area contributed by atoms with Gasteiger partial charge in [0.05, 0.1) is 14.4 Å². The Morgan fingerprint density at radius 3 is 3.00 bits per heavy atom. The van der Waals surface area contributed by atoms with E-state index in [-0.39, 0.29) is 0 Å². The maximum Gasteiger partial charge on any atom is 0.130 e. The molecule has 100 valence electrons. The van der Waals surface area contributed by atoms with Gasteiger partial charge in [0.25, 0.3) is 0 Å². The highest BCUT2D eigenvalue weighted by atomic mass is 79.9. The van der Waals surface area contributed by atoms with Gasteiger partial charge in [-0.15, -0.1) is 11.3 Å². The highest BCUT2D eigenvalue weighted by molar-refractivity contribution is 9.11. The van der Waals surface area contributed by atoms with Crippen LogP contribution in [0.4, 0.5) is 0 Å². The fraction of sp³-hybridized carbons (Fsp3) is 0.429. The zero-order valence-electron chi connectivity index (χ0n) is 10.8. The molecule has 0 spiro atoms. The lowest BCUT2D eigenvalue weighted by molar-refractivity contribution is 0.584. The van der Waals surface area contributed by atoms with Crippen molar-refractivity contribution in [3.05, 3.63) is 33.5 Å². The van der Waals surface area contributed by atoms with Crippen molar-refractivity contribution in [2.45, 2.75) is 32.2 Å². The molecule has 1 atom stereocenters. The molecule has 5 heteroatoms. The molecule has 0 saturated carbocycles. The summed E-state index contributed by atoms with van der Waals surface area (Å²) in [7, 11) is 0. The Morgan fingerprint density at radius 2 is 2.32 bits per heavy atom. The summed E-state index contributed by atoms with van der Waals surface area (Å²) in [5.74, 6) is 0.957. The van der Waals surface area contributed by atoms with Crippen LogP contribution < -0.4 is 5.32 Å². The Hall–Kier alpha value is -0.780. The molecule has 19 heavy (non-hydrogen) atoms. The third kappa shape index (κ3) is 3.22. The van der Waals surface area contributed by atoms with Gasteiger partial charge in [0, 0.05) is 18.2 Å². The maximum absolute atomic E-state index is 4.72. The normalized spacial score (nSPS) is 18.9. The van der Waals surface area contributed by atoms with Crippen molar-refractivity contribution in [2.75, 3.05) is 6.54 Å². The van der Waals surface area contributed by atoms with Gasteiger partial charge in [-0.25, -0.2) is 9.97 Å². The number of hydrogen-bond donors (Lipinski definition) is 1. The van der Waals surface area contributed by atoms with Crippen LogP contribution >= 0.6 is 27.3 Å². The predicted octanol–water partition coefficient (Wildman–Crippen LogP) is 3.57. The standard InChI is InChI=1S/C14H16BrN3S/c1-9-7-11(12-4-5-13(15)19-12)18-14(17-9)8-10-3-2-6-16-10/h4-5,7,10,16H,2-3,6,8H2,1H3. The fourth-order valence-corrected chi connectivity index (χ4v) is 3.80. The monoisotopic (exact) mass is 337 g/mol. The van der Waals surface area contributed by atoms with Crippen LogP contribution in [-0.2, 0) is 6.42 Å². The lowest BCUT2D eigenvalue weighted by Gasteiger charge is -2.10. The van der Waals surface area contributed by atoms with Crippen molar-refractivity contribution >= 4 is 27.3 Å². The fourth-order valence-electron chi connectivity index (χ4n) is 2.45. The summed E-state index contributed by atoms with van der Waals surface area (Å²) < 4.78 is 1.14. The van der Waals surface area contributed by atoms with Gasteiger partial charge in [0.1, 0.15) is 5.82 Å².